The SMILES string of the molecule is O=C(C[C@H]1NC(=O)c2ccccc21)NC1(C(=O)O)CCOCC1. The predicted molar refractivity (Wildman–Crippen MR) is 79.8 cm³/mol. The number of rotatable bonds is 4. The summed E-state index contributed by atoms with van der Waals surface area (Å²) in [5.74, 6) is -1.65. The smallest absolute Gasteiger partial charge is 0.329 e. The van der Waals surface area contributed by atoms with Gasteiger partial charge in [-0.2, -0.15) is 0 Å². The van der Waals surface area contributed by atoms with Crippen LogP contribution in [0.25, 0.3) is 0 Å². The molecule has 1 fully saturated rings. The van der Waals surface area contributed by atoms with Crippen LogP contribution in [0.4, 0.5) is 0 Å². The number of ether oxygens (including phenoxy) is 1. The Kier molecular flexibility index (Phi) is 4.04. The van der Waals surface area contributed by atoms with Crippen LogP contribution >= 0.6 is 0 Å². The van der Waals surface area contributed by atoms with Crippen molar-refractivity contribution in [3.8, 4) is 0 Å². The van der Waals surface area contributed by atoms with Crippen molar-refractivity contribution in [3.63, 3.8) is 0 Å². The Morgan fingerprint density at radius 1 is 1.30 bits per heavy atom. The first-order valence-corrected chi connectivity index (χ1v) is 7.54. The molecule has 2 aliphatic rings. The van der Waals surface area contributed by atoms with Crippen LogP contribution < -0.4 is 10.6 Å². The molecular weight excluding hydrogens is 300 g/mol. The molecule has 2 amide bonds. The summed E-state index contributed by atoms with van der Waals surface area (Å²) in [6.45, 7) is 0.602. The van der Waals surface area contributed by atoms with Crippen molar-refractivity contribution in [2.45, 2.75) is 30.8 Å². The average molecular weight is 318 g/mol. The fourth-order valence-electron chi connectivity index (χ4n) is 3.10. The molecule has 0 unspecified atom stereocenters. The number of carboxylic acids is 1. The van der Waals surface area contributed by atoms with E-state index in [-0.39, 0.29) is 25.2 Å². The Morgan fingerprint density at radius 2 is 2.00 bits per heavy atom. The maximum absolute atomic E-state index is 12.3. The van der Waals surface area contributed by atoms with Gasteiger partial charge in [0.1, 0.15) is 5.54 Å². The quantitative estimate of drug-likeness (QED) is 0.754. The van der Waals surface area contributed by atoms with E-state index in [9.17, 15) is 19.5 Å². The molecular formula is C16H18N2O5. The maximum Gasteiger partial charge on any atom is 0.329 e. The third-order valence-electron chi connectivity index (χ3n) is 4.41. The van der Waals surface area contributed by atoms with E-state index in [1.807, 2.05) is 0 Å². The number of carboxylic acid groups (broad SMARTS) is 1. The molecule has 1 aromatic carbocycles. The molecule has 2 aliphatic heterocycles. The van der Waals surface area contributed by atoms with Crippen molar-refractivity contribution in [1.29, 1.82) is 0 Å². The second-order valence-corrected chi connectivity index (χ2v) is 5.87. The first-order chi connectivity index (χ1) is 11.0. The highest BCUT2D eigenvalue weighted by molar-refractivity contribution is 6.00. The Labute approximate surface area is 133 Å². The number of aliphatic carboxylic acids is 1. The van der Waals surface area contributed by atoms with Crippen molar-refractivity contribution >= 4 is 17.8 Å². The molecule has 122 valence electrons. The number of fused-ring (bicyclic) bond motifs is 1. The van der Waals surface area contributed by atoms with Gasteiger partial charge in [0.15, 0.2) is 0 Å². The van der Waals surface area contributed by atoms with Crippen molar-refractivity contribution in [1.82, 2.24) is 10.6 Å². The number of nitrogens with one attached hydrogen (secondary N) is 2. The Hall–Kier alpha value is -2.41. The minimum atomic E-state index is -1.28. The number of benzene rings is 1. The number of carbonyl (C=O) groups excluding carboxylic acids is 2. The molecule has 1 aromatic rings. The van der Waals surface area contributed by atoms with Gasteiger partial charge < -0.3 is 20.5 Å². The molecule has 0 radical (unpaired) electrons. The van der Waals surface area contributed by atoms with Gasteiger partial charge >= 0.3 is 5.97 Å². The van der Waals surface area contributed by atoms with Crippen molar-refractivity contribution < 1.29 is 24.2 Å². The highest BCUT2D eigenvalue weighted by atomic mass is 16.5. The zero-order valence-corrected chi connectivity index (χ0v) is 12.5. The number of hydrogen-bond acceptors (Lipinski definition) is 4. The number of hydrogen-bond donors (Lipinski definition) is 3. The molecule has 0 spiro atoms. The standard InChI is InChI=1S/C16H18N2O5/c19-13(18-16(15(21)22)5-7-23-8-6-16)9-12-10-3-1-2-4-11(10)14(20)17-12/h1-4,12H,5-9H2,(H,17,20)(H,18,19)(H,21,22)/t12-/m1/s1. The fourth-order valence-corrected chi connectivity index (χ4v) is 3.10. The van der Waals surface area contributed by atoms with E-state index < -0.39 is 23.5 Å². The average Bonchev–Trinajstić information content (AvgIpc) is 2.84. The van der Waals surface area contributed by atoms with E-state index in [1.54, 1.807) is 24.3 Å². The third-order valence-corrected chi connectivity index (χ3v) is 4.41. The summed E-state index contributed by atoms with van der Waals surface area (Å²) < 4.78 is 5.18. The second kappa shape index (κ2) is 6.00. The molecule has 0 aliphatic carbocycles. The number of amides is 2. The molecule has 3 rings (SSSR count). The first kappa shape index (κ1) is 15.5. The van der Waals surface area contributed by atoms with Gasteiger partial charge in [-0.3, -0.25) is 9.59 Å². The first-order valence-electron chi connectivity index (χ1n) is 7.54. The summed E-state index contributed by atoms with van der Waals surface area (Å²) in [5, 5.41) is 14.9. The molecule has 7 nitrogen and oxygen atoms in total. The molecule has 1 saturated heterocycles. The topological polar surface area (TPSA) is 105 Å². The normalized spacial score (nSPS) is 22.1. The lowest BCUT2D eigenvalue weighted by molar-refractivity contribution is -0.152. The van der Waals surface area contributed by atoms with E-state index in [1.165, 1.54) is 0 Å². The van der Waals surface area contributed by atoms with E-state index in [4.69, 9.17) is 4.74 Å². The molecule has 0 aromatic heterocycles. The summed E-state index contributed by atoms with van der Waals surface area (Å²) in [6, 6.07) is 6.65. The minimum absolute atomic E-state index is 0.0125. The van der Waals surface area contributed by atoms with Crippen LogP contribution in [-0.4, -0.2) is 41.6 Å². The van der Waals surface area contributed by atoms with Crippen LogP contribution in [0.15, 0.2) is 24.3 Å². The summed E-state index contributed by atoms with van der Waals surface area (Å²) in [7, 11) is 0. The van der Waals surface area contributed by atoms with Gasteiger partial charge in [0.05, 0.1) is 12.5 Å². The van der Waals surface area contributed by atoms with Gasteiger partial charge in [-0.05, 0) is 11.6 Å². The van der Waals surface area contributed by atoms with Crippen LogP contribution in [0.5, 0.6) is 0 Å². The lowest BCUT2D eigenvalue weighted by Crippen LogP contribution is -2.57. The lowest BCUT2D eigenvalue weighted by Gasteiger charge is -2.34. The van der Waals surface area contributed by atoms with Crippen LogP contribution in [0.3, 0.4) is 0 Å². The Balaban J connectivity index is 1.70. The zero-order chi connectivity index (χ0) is 16.4. The molecule has 0 saturated carbocycles. The van der Waals surface area contributed by atoms with Gasteiger partial charge in [-0.1, -0.05) is 18.2 Å². The summed E-state index contributed by atoms with van der Waals surface area (Å²) in [4.78, 5) is 35.8. The molecule has 2 heterocycles. The maximum atomic E-state index is 12.3. The van der Waals surface area contributed by atoms with Crippen molar-refractivity contribution in [3.05, 3.63) is 35.4 Å². The number of carbonyl (C=O) groups is 3. The van der Waals surface area contributed by atoms with Crippen molar-refractivity contribution in [2.75, 3.05) is 13.2 Å². The van der Waals surface area contributed by atoms with Crippen LogP contribution in [0.2, 0.25) is 0 Å². The summed E-state index contributed by atoms with van der Waals surface area (Å²) >= 11 is 0. The molecule has 1 atom stereocenters. The van der Waals surface area contributed by atoms with Crippen LogP contribution in [0, 0.1) is 0 Å². The molecule has 23 heavy (non-hydrogen) atoms. The molecule has 3 N–H and O–H groups in total. The van der Waals surface area contributed by atoms with Crippen LogP contribution in [-0.2, 0) is 14.3 Å². The molecule has 0 bridgehead atoms. The third kappa shape index (κ3) is 2.92. The zero-order valence-electron chi connectivity index (χ0n) is 12.5. The predicted octanol–water partition coefficient (Wildman–Crippen LogP) is 0.611. The largest absolute Gasteiger partial charge is 0.480 e. The lowest BCUT2D eigenvalue weighted by atomic mass is 9.89. The van der Waals surface area contributed by atoms with Gasteiger partial charge in [-0.15, -0.1) is 0 Å². The van der Waals surface area contributed by atoms with Gasteiger partial charge in [-0.25, -0.2) is 4.79 Å². The fraction of sp³-hybridized carbons (Fsp3) is 0.438. The highest BCUT2D eigenvalue weighted by Gasteiger charge is 2.42. The minimum Gasteiger partial charge on any atom is -0.480 e. The molecule has 7 heteroatoms. The Morgan fingerprint density at radius 3 is 2.70 bits per heavy atom. The van der Waals surface area contributed by atoms with Gasteiger partial charge in [0.25, 0.3) is 5.91 Å². The van der Waals surface area contributed by atoms with Gasteiger partial charge in [0.2, 0.25) is 5.91 Å². The van der Waals surface area contributed by atoms with E-state index >= 15 is 0 Å². The van der Waals surface area contributed by atoms with Gasteiger partial charge in [0, 0.05) is 31.6 Å². The summed E-state index contributed by atoms with van der Waals surface area (Å²) in [6.07, 6.45) is 0.488. The Bertz CT molecular complexity index is 652. The van der Waals surface area contributed by atoms with Crippen LogP contribution in [0.1, 0.15) is 41.2 Å². The van der Waals surface area contributed by atoms with E-state index in [0.717, 1.165) is 5.56 Å². The monoisotopic (exact) mass is 318 g/mol. The van der Waals surface area contributed by atoms with E-state index in [2.05, 4.69) is 10.6 Å². The second-order valence-electron chi connectivity index (χ2n) is 5.87. The highest BCUT2D eigenvalue weighted by Crippen LogP contribution is 2.28. The van der Waals surface area contributed by atoms with Crippen molar-refractivity contribution in [2.24, 2.45) is 0 Å². The summed E-state index contributed by atoms with van der Waals surface area (Å²) in [5.41, 5.74) is 0.0469. The van der Waals surface area contributed by atoms with E-state index in [0.29, 0.717) is 18.8 Å².